The van der Waals surface area contributed by atoms with E-state index in [1.54, 1.807) is 0 Å². The second-order valence-corrected chi connectivity index (χ2v) is 6.52. The summed E-state index contributed by atoms with van der Waals surface area (Å²) in [4.78, 5) is 0. The van der Waals surface area contributed by atoms with Crippen LogP contribution in [0.25, 0.3) is 0 Å². The lowest BCUT2D eigenvalue weighted by Gasteiger charge is -2.13. The molecule has 0 atom stereocenters. The van der Waals surface area contributed by atoms with Crippen molar-refractivity contribution in [1.29, 1.82) is 0 Å². The van der Waals surface area contributed by atoms with Gasteiger partial charge in [0.15, 0.2) is 13.6 Å². The summed E-state index contributed by atoms with van der Waals surface area (Å²) >= 11 is 0. The van der Waals surface area contributed by atoms with E-state index in [0.29, 0.717) is 13.2 Å². The minimum absolute atomic E-state index is 0.280. The highest BCUT2D eigenvalue weighted by atomic mass is 16.7. The molecule has 0 saturated carbocycles. The molecule has 0 bridgehead atoms. The third-order valence-electron chi connectivity index (χ3n) is 4.41. The molecule has 4 nitrogen and oxygen atoms in total. The van der Waals surface area contributed by atoms with Crippen molar-refractivity contribution in [1.82, 2.24) is 0 Å². The first kappa shape index (κ1) is 22.0. The van der Waals surface area contributed by atoms with Crippen LogP contribution in [0.4, 0.5) is 0 Å². The molecule has 0 N–H and O–H groups in total. The topological polar surface area (TPSA) is 36.9 Å². The molecule has 152 valence electrons. The minimum atomic E-state index is 0.280. The first-order valence-corrected chi connectivity index (χ1v) is 9.90. The lowest BCUT2D eigenvalue weighted by atomic mass is 10.0. The van der Waals surface area contributed by atoms with Crippen molar-refractivity contribution in [3.05, 3.63) is 70.8 Å². The van der Waals surface area contributed by atoms with Gasteiger partial charge in [0.1, 0.15) is 11.5 Å². The second-order valence-electron chi connectivity index (χ2n) is 6.52. The minimum Gasteiger partial charge on any atom is -0.467 e. The molecule has 2 aromatic carbocycles. The van der Waals surface area contributed by atoms with Gasteiger partial charge in [0.2, 0.25) is 0 Å². The molecule has 0 aromatic heterocycles. The molecular weight excluding hydrogens is 352 g/mol. The monoisotopic (exact) mass is 384 g/mol. The number of ether oxygens (including phenoxy) is 4. The Labute approximate surface area is 169 Å². The molecule has 2 aromatic rings. The molecule has 28 heavy (non-hydrogen) atoms. The zero-order chi connectivity index (χ0) is 20.2. The summed E-state index contributed by atoms with van der Waals surface area (Å²) in [6, 6.07) is 12.4. The maximum absolute atomic E-state index is 5.82. The molecule has 0 heterocycles. The van der Waals surface area contributed by atoms with Gasteiger partial charge < -0.3 is 18.9 Å². The zero-order valence-electron chi connectivity index (χ0n) is 17.5. The lowest BCUT2D eigenvalue weighted by Crippen LogP contribution is -2.05. The van der Waals surface area contributed by atoms with E-state index in [0.717, 1.165) is 46.6 Å². The van der Waals surface area contributed by atoms with Crippen LogP contribution in [-0.4, -0.2) is 26.8 Å². The van der Waals surface area contributed by atoms with Crippen LogP contribution in [0, 0.1) is 13.8 Å². The van der Waals surface area contributed by atoms with Gasteiger partial charge in [-0.3, -0.25) is 0 Å². The van der Waals surface area contributed by atoms with E-state index in [1.807, 2.05) is 13.8 Å². The van der Waals surface area contributed by atoms with E-state index in [2.05, 4.69) is 62.4 Å². The predicted molar refractivity (Wildman–Crippen MR) is 113 cm³/mol. The van der Waals surface area contributed by atoms with Crippen LogP contribution in [0.2, 0.25) is 0 Å². The first-order chi connectivity index (χ1) is 13.7. The Bertz CT molecular complexity index is 689. The van der Waals surface area contributed by atoms with Crippen molar-refractivity contribution >= 4 is 0 Å². The number of aryl methyl sites for hydroxylation is 2. The zero-order valence-corrected chi connectivity index (χ0v) is 17.5. The number of benzene rings is 2. The molecule has 0 amide bonds. The first-order valence-electron chi connectivity index (χ1n) is 9.90. The van der Waals surface area contributed by atoms with Gasteiger partial charge >= 0.3 is 0 Å². The molecule has 4 heteroatoms. The van der Waals surface area contributed by atoms with E-state index in [9.17, 15) is 0 Å². The largest absolute Gasteiger partial charge is 0.467 e. The van der Waals surface area contributed by atoms with Gasteiger partial charge in [-0.05, 0) is 62.8 Å². The fraction of sp³-hybridized carbons (Fsp3) is 0.417. The molecule has 0 unspecified atom stereocenters. The van der Waals surface area contributed by atoms with Crippen LogP contribution in [-0.2, 0) is 22.3 Å². The fourth-order valence-electron chi connectivity index (χ4n) is 2.95. The molecule has 0 fully saturated rings. The van der Waals surface area contributed by atoms with Crippen molar-refractivity contribution in [2.75, 3.05) is 26.8 Å². The van der Waals surface area contributed by atoms with Crippen molar-refractivity contribution in [2.24, 2.45) is 0 Å². The van der Waals surface area contributed by atoms with Crippen molar-refractivity contribution in [2.45, 2.75) is 40.5 Å². The number of hydrogen-bond acceptors (Lipinski definition) is 4. The average Bonchev–Trinajstić information content (AvgIpc) is 2.69. The molecule has 0 saturated heterocycles. The Kier molecular flexibility index (Phi) is 9.60. The maximum Gasteiger partial charge on any atom is 0.189 e. The number of rotatable bonds is 12. The molecular formula is C24H32O4. The van der Waals surface area contributed by atoms with E-state index in [-0.39, 0.29) is 13.6 Å². The Morgan fingerprint density at radius 2 is 1.11 bits per heavy atom. The van der Waals surface area contributed by atoms with Crippen LogP contribution >= 0.6 is 0 Å². The summed E-state index contributed by atoms with van der Waals surface area (Å²) in [5, 5.41) is 0. The van der Waals surface area contributed by atoms with Gasteiger partial charge in [-0.2, -0.15) is 0 Å². The Hall–Kier alpha value is -2.30. The van der Waals surface area contributed by atoms with Crippen LogP contribution < -0.4 is 9.47 Å². The highest BCUT2D eigenvalue weighted by Gasteiger charge is 2.07. The summed E-state index contributed by atoms with van der Waals surface area (Å²) in [5.41, 5.74) is 4.56. The van der Waals surface area contributed by atoms with Gasteiger partial charge in [-0.1, -0.05) is 48.6 Å². The summed E-state index contributed by atoms with van der Waals surface area (Å²) < 4.78 is 22.3. The standard InChI is InChI=1S/C24H32O4/c1-5-25-17-27-23-19(3)11-9-15-21(23)13-7-8-14-22-16-10-12-20(4)24(22)28-18-26-6-2/h7-12,15-16H,5-6,13-14,17-18H2,1-4H3/b8-7+. The molecule has 0 spiro atoms. The van der Waals surface area contributed by atoms with Gasteiger partial charge in [0.05, 0.1) is 0 Å². The van der Waals surface area contributed by atoms with Gasteiger partial charge in [0, 0.05) is 13.2 Å². The molecule has 0 radical (unpaired) electrons. The fourth-order valence-corrected chi connectivity index (χ4v) is 2.95. The Morgan fingerprint density at radius 1 is 0.679 bits per heavy atom. The highest BCUT2D eigenvalue weighted by molar-refractivity contribution is 5.43. The van der Waals surface area contributed by atoms with Crippen molar-refractivity contribution in [3.8, 4) is 11.5 Å². The Balaban J connectivity index is 2.01. The average molecular weight is 385 g/mol. The number of hydrogen-bond donors (Lipinski definition) is 0. The summed E-state index contributed by atoms with van der Waals surface area (Å²) in [6.07, 6.45) is 5.97. The molecule has 0 aliphatic carbocycles. The summed E-state index contributed by atoms with van der Waals surface area (Å²) in [5.74, 6) is 1.83. The third-order valence-corrected chi connectivity index (χ3v) is 4.41. The quantitative estimate of drug-likeness (QED) is 0.279. The summed E-state index contributed by atoms with van der Waals surface area (Å²) in [7, 11) is 0. The van der Waals surface area contributed by atoms with E-state index < -0.39 is 0 Å². The van der Waals surface area contributed by atoms with Crippen molar-refractivity contribution < 1.29 is 18.9 Å². The van der Waals surface area contributed by atoms with Gasteiger partial charge in [-0.15, -0.1) is 0 Å². The molecule has 2 rings (SSSR count). The summed E-state index contributed by atoms with van der Waals surface area (Å²) in [6.45, 7) is 9.89. The van der Waals surface area contributed by atoms with E-state index >= 15 is 0 Å². The molecule has 0 aliphatic rings. The smallest absolute Gasteiger partial charge is 0.189 e. The Morgan fingerprint density at radius 3 is 1.50 bits per heavy atom. The predicted octanol–water partition coefficient (Wildman–Crippen LogP) is 5.39. The normalized spacial score (nSPS) is 11.1. The van der Waals surface area contributed by atoms with Crippen LogP contribution in [0.3, 0.4) is 0 Å². The van der Waals surface area contributed by atoms with Crippen LogP contribution in [0.15, 0.2) is 48.6 Å². The van der Waals surface area contributed by atoms with Crippen LogP contribution in [0.1, 0.15) is 36.1 Å². The lowest BCUT2D eigenvalue weighted by molar-refractivity contribution is 0.0213. The number of allylic oxidation sites excluding steroid dienone is 2. The third kappa shape index (κ3) is 6.70. The highest BCUT2D eigenvalue weighted by Crippen LogP contribution is 2.26. The van der Waals surface area contributed by atoms with Crippen LogP contribution in [0.5, 0.6) is 11.5 Å². The van der Waals surface area contributed by atoms with E-state index in [4.69, 9.17) is 18.9 Å². The number of para-hydroxylation sites is 2. The maximum atomic E-state index is 5.82. The van der Waals surface area contributed by atoms with Gasteiger partial charge in [0.25, 0.3) is 0 Å². The van der Waals surface area contributed by atoms with Gasteiger partial charge in [-0.25, -0.2) is 0 Å². The second kappa shape index (κ2) is 12.2. The SMILES string of the molecule is CCOCOc1c(C)cccc1C/C=C/Cc1cccc(C)c1OCOCC. The molecule has 0 aliphatic heterocycles. The van der Waals surface area contributed by atoms with Crippen molar-refractivity contribution in [3.63, 3.8) is 0 Å². The van der Waals surface area contributed by atoms with E-state index in [1.165, 1.54) is 0 Å².